The summed E-state index contributed by atoms with van der Waals surface area (Å²) >= 11 is 11.8. The van der Waals surface area contributed by atoms with Crippen molar-refractivity contribution in [2.45, 2.75) is 4.90 Å². The molecule has 0 heterocycles. The van der Waals surface area contributed by atoms with Crippen LogP contribution in [-0.4, -0.2) is 26.4 Å². The van der Waals surface area contributed by atoms with E-state index in [4.69, 9.17) is 27.9 Å². The minimum Gasteiger partial charge on any atom is -0.495 e. The van der Waals surface area contributed by atoms with Crippen LogP contribution in [0.1, 0.15) is 10.4 Å². The fourth-order valence-electron chi connectivity index (χ4n) is 2.71. The normalized spacial score (nSPS) is 11.0. The number of methoxy groups -OCH3 is 1. The number of hydrogen-bond acceptors (Lipinski definition) is 6. The van der Waals surface area contributed by atoms with Gasteiger partial charge in [0.25, 0.3) is 21.6 Å². The van der Waals surface area contributed by atoms with Crippen LogP contribution in [0.4, 0.5) is 17.1 Å². The van der Waals surface area contributed by atoms with Crippen LogP contribution >= 0.6 is 23.2 Å². The summed E-state index contributed by atoms with van der Waals surface area (Å²) in [4.78, 5) is 23.3. The number of rotatable bonds is 7. The first-order valence-corrected chi connectivity index (χ1v) is 11.1. The molecule has 1 amide bonds. The molecule has 3 aromatic rings. The van der Waals surface area contributed by atoms with Crippen molar-refractivity contribution in [1.29, 1.82) is 0 Å². The molecule has 0 radical (unpaired) electrons. The number of anilines is 2. The third-order valence-corrected chi connectivity index (χ3v) is 6.11. The fraction of sp³-hybridized carbons (Fsp3) is 0.0500. The van der Waals surface area contributed by atoms with E-state index in [2.05, 4.69) is 10.0 Å². The van der Waals surface area contributed by atoms with Crippen molar-refractivity contribution in [1.82, 2.24) is 0 Å². The molecule has 0 saturated heterocycles. The molecule has 0 fully saturated rings. The molecule has 166 valence electrons. The van der Waals surface area contributed by atoms with Gasteiger partial charge < -0.3 is 10.1 Å². The second-order valence-electron chi connectivity index (χ2n) is 6.35. The maximum atomic E-state index is 13.0. The summed E-state index contributed by atoms with van der Waals surface area (Å²) in [5, 5.41) is 14.1. The Balaban J connectivity index is 1.96. The van der Waals surface area contributed by atoms with E-state index in [1.54, 1.807) is 0 Å². The van der Waals surface area contributed by atoms with Gasteiger partial charge in [0, 0.05) is 22.2 Å². The van der Waals surface area contributed by atoms with Crippen LogP contribution < -0.4 is 14.8 Å². The SMILES string of the molecule is COc1ccc([N+](=O)[O-])cc1NC(=O)c1cc(Cl)ccc1NS(=O)(=O)c1ccc(Cl)cc1. The predicted molar refractivity (Wildman–Crippen MR) is 121 cm³/mol. The topological polar surface area (TPSA) is 128 Å². The van der Waals surface area contributed by atoms with Crippen LogP contribution in [0, 0.1) is 10.1 Å². The van der Waals surface area contributed by atoms with Crippen molar-refractivity contribution >= 4 is 56.2 Å². The van der Waals surface area contributed by atoms with Crippen molar-refractivity contribution in [2.75, 3.05) is 17.1 Å². The first-order valence-electron chi connectivity index (χ1n) is 8.82. The van der Waals surface area contributed by atoms with E-state index < -0.39 is 20.9 Å². The molecule has 3 aromatic carbocycles. The van der Waals surface area contributed by atoms with E-state index in [0.29, 0.717) is 5.02 Å². The standard InChI is InChI=1S/C20H15Cl2N3O6S/c1-31-19-9-5-14(25(27)28)11-18(19)23-20(26)16-10-13(22)4-8-17(16)24-32(29,30)15-6-2-12(21)3-7-15/h2-11,24H,1H3,(H,23,26). The smallest absolute Gasteiger partial charge is 0.271 e. The zero-order chi connectivity index (χ0) is 23.5. The maximum absolute atomic E-state index is 13.0. The van der Waals surface area contributed by atoms with E-state index >= 15 is 0 Å². The van der Waals surface area contributed by atoms with E-state index in [-0.39, 0.29) is 38.3 Å². The highest BCUT2D eigenvalue weighted by Gasteiger charge is 2.21. The summed E-state index contributed by atoms with van der Waals surface area (Å²) in [6, 6.07) is 13.1. The third kappa shape index (κ3) is 5.28. The average molecular weight is 496 g/mol. The number of non-ortho nitro benzene ring substituents is 1. The summed E-state index contributed by atoms with van der Waals surface area (Å²) in [6.07, 6.45) is 0. The summed E-state index contributed by atoms with van der Waals surface area (Å²) in [7, 11) is -2.71. The molecule has 0 atom stereocenters. The average Bonchev–Trinajstić information content (AvgIpc) is 2.75. The lowest BCUT2D eigenvalue weighted by Crippen LogP contribution is -2.19. The monoisotopic (exact) mass is 495 g/mol. The molecule has 2 N–H and O–H groups in total. The zero-order valence-electron chi connectivity index (χ0n) is 16.3. The highest BCUT2D eigenvalue weighted by atomic mass is 35.5. The van der Waals surface area contributed by atoms with Crippen LogP contribution in [0.25, 0.3) is 0 Å². The lowest BCUT2D eigenvalue weighted by atomic mass is 10.1. The number of sulfonamides is 1. The van der Waals surface area contributed by atoms with Gasteiger partial charge in [-0.05, 0) is 48.5 Å². The van der Waals surface area contributed by atoms with Crippen molar-refractivity contribution in [3.8, 4) is 5.75 Å². The largest absolute Gasteiger partial charge is 0.495 e. The number of ether oxygens (including phenoxy) is 1. The minimum absolute atomic E-state index is 0.0261. The first-order chi connectivity index (χ1) is 15.1. The molecule has 9 nitrogen and oxygen atoms in total. The minimum atomic E-state index is -4.05. The number of amides is 1. The van der Waals surface area contributed by atoms with Crippen molar-refractivity contribution in [3.05, 3.63) is 86.4 Å². The van der Waals surface area contributed by atoms with E-state index in [1.165, 1.54) is 61.7 Å². The molecule has 0 unspecified atom stereocenters. The van der Waals surface area contributed by atoms with Crippen molar-refractivity contribution in [3.63, 3.8) is 0 Å². The van der Waals surface area contributed by atoms with Gasteiger partial charge >= 0.3 is 0 Å². The van der Waals surface area contributed by atoms with Crippen molar-refractivity contribution < 1.29 is 22.9 Å². The molecule has 0 saturated carbocycles. The Morgan fingerprint density at radius 1 is 0.969 bits per heavy atom. The summed E-state index contributed by atoms with van der Waals surface area (Å²) < 4.78 is 33.0. The van der Waals surface area contributed by atoms with E-state index in [0.717, 1.165) is 6.07 Å². The Kier molecular flexibility index (Phi) is 6.87. The Hall–Kier alpha value is -3.34. The molecule has 12 heteroatoms. The van der Waals surface area contributed by atoms with Gasteiger partial charge in [0.2, 0.25) is 0 Å². The van der Waals surface area contributed by atoms with Crippen LogP contribution in [0.2, 0.25) is 10.0 Å². The number of hydrogen-bond donors (Lipinski definition) is 2. The van der Waals surface area contributed by atoms with Crippen LogP contribution in [0.3, 0.4) is 0 Å². The maximum Gasteiger partial charge on any atom is 0.271 e. The molecule has 0 aliphatic carbocycles. The van der Waals surface area contributed by atoms with E-state index in [9.17, 15) is 23.3 Å². The lowest BCUT2D eigenvalue weighted by Gasteiger charge is -2.14. The number of carbonyl (C=O) groups is 1. The van der Waals surface area contributed by atoms with Gasteiger partial charge in [-0.15, -0.1) is 0 Å². The van der Waals surface area contributed by atoms with Crippen LogP contribution in [0.15, 0.2) is 65.6 Å². The van der Waals surface area contributed by atoms with E-state index in [1.807, 2.05) is 0 Å². The highest BCUT2D eigenvalue weighted by molar-refractivity contribution is 7.92. The van der Waals surface area contributed by atoms with Gasteiger partial charge in [0.15, 0.2) is 0 Å². The number of nitrogens with zero attached hydrogens (tertiary/aromatic N) is 1. The van der Waals surface area contributed by atoms with Gasteiger partial charge in [-0.3, -0.25) is 19.6 Å². The molecule has 32 heavy (non-hydrogen) atoms. The lowest BCUT2D eigenvalue weighted by molar-refractivity contribution is -0.384. The van der Waals surface area contributed by atoms with Gasteiger partial charge in [0.1, 0.15) is 5.75 Å². The number of halogens is 2. The Morgan fingerprint density at radius 2 is 1.62 bits per heavy atom. The number of nitrogens with one attached hydrogen (secondary N) is 2. The Labute approximate surface area is 193 Å². The quantitative estimate of drug-likeness (QED) is 0.352. The molecular formula is C20H15Cl2N3O6S. The molecule has 0 aliphatic heterocycles. The van der Waals surface area contributed by atoms with Gasteiger partial charge in [-0.1, -0.05) is 23.2 Å². The number of nitro groups is 1. The molecular weight excluding hydrogens is 481 g/mol. The van der Waals surface area contributed by atoms with Gasteiger partial charge in [0.05, 0.1) is 33.9 Å². The number of nitro benzene ring substituents is 1. The number of benzene rings is 3. The van der Waals surface area contributed by atoms with Crippen molar-refractivity contribution in [2.24, 2.45) is 0 Å². The molecule has 0 aromatic heterocycles. The summed E-state index contributed by atoms with van der Waals surface area (Å²) in [5.41, 5.74) is -0.399. The van der Waals surface area contributed by atoms with Gasteiger partial charge in [-0.2, -0.15) is 0 Å². The Bertz CT molecular complexity index is 1300. The first kappa shape index (κ1) is 23.3. The van der Waals surface area contributed by atoms with Gasteiger partial charge in [-0.25, -0.2) is 8.42 Å². The van der Waals surface area contributed by atoms with Crippen LogP contribution in [-0.2, 0) is 10.0 Å². The highest BCUT2D eigenvalue weighted by Crippen LogP contribution is 2.31. The molecule has 0 aliphatic rings. The summed E-state index contributed by atoms with van der Waals surface area (Å²) in [5.74, 6) is -0.589. The second kappa shape index (κ2) is 9.43. The van der Waals surface area contributed by atoms with Crippen LogP contribution in [0.5, 0.6) is 5.75 Å². The Morgan fingerprint density at radius 3 is 2.25 bits per heavy atom. The molecule has 0 spiro atoms. The second-order valence-corrected chi connectivity index (χ2v) is 8.90. The molecule has 0 bridgehead atoms. The third-order valence-electron chi connectivity index (χ3n) is 4.24. The zero-order valence-corrected chi connectivity index (χ0v) is 18.7. The predicted octanol–water partition coefficient (Wildman–Crippen LogP) is 4.96. The summed E-state index contributed by atoms with van der Waals surface area (Å²) in [6.45, 7) is 0. The number of carbonyl (C=O) groups excluding carboxylic acids is 1. The fourth-order valence-corrected chi connectivity index (χ4v) is 4.09. The molecule has 3 rings (SSSR count).